The highest BCUT2D eigenvalue weighted by atomic mass is 19.1. The lowest BCUT2D eigenvalue weighted by molar-refractivity contribution is 0.409. The van der Waals surface area contributed by atoms with Crippen LogP contribution >= 0.6 is 0 Å². The van der Waals surface area contributed by atoms with E-state index in [1.807, 2.05) is 0 Å². The maximum absolute atomic E-state index is 13.1. The summed E-state index contributed by atoms with van der Waals surface area (Å²) in [6.45, 7) is 0. The average Bonchev–Trinajstić information content (AvgIpc) is 2.77. The van der Waals surface area contributed by atoms with Crippen molar-refractivity contribution < 1.29 is 14.6 Å². The van der Waals surface area contributed by atoms with Crippen molar-refractivity contribution in [2.75, 3.05) is 0 Å². The van der Waals surface area contributed by atoms with Crippen molar-refractivity contribution in [2.24, 2.45) is 0 Å². The molecule has 1 fully saturated rings. The Morgan fingerprint density at radius 3 is 2.50 bits per heavy atom. The summed E-state index contributed by atoms with van der Waals surface area (Å²) >= 11 is 0. The molecule has 0 spiro atoms. The van der Waals surface area contributed by atoms with Crippen LogP contribution in [0, 0.1) is 5.82 Å². The minimum atomic E-state index is -0.335. The highest BCUT2D eigenvalue weighted by Gasteiger charge is 2.28. The van der Waals surface area contributed by atoms with Crippen molar-refractivity contribution in [1.82, 2.24) is 14.8 Å². The molecule has 1 aliphatic carbocycles. The van der Waals surface area contributed by atoms with Crippen molar-refractivity contribution in [2.45, 2.75) is 25.2 Å². The van der Waals surface area contributed by atoms with E-state index in [1.165, 1.54) is 18.2 Å². The molecule has 0 saturated heterocycles. The van der Waals surface area contributed by atoms with E-state index in [1.54, 1.807) is 16.8 Å². The Bertz CT molecular complexity index is 854. The molecule has 2 N–H and O–H groups in total. The summed E-state index contributed by atoms with van der Waals surface area (Å²) < 4.78 is 14.7. The first-order valence-electron chi connectivity index (χ1n) is 7.21. The van der Waals surface area contributed by atoms with Crippen molar-refractivity contribution >= 4 is 11.0 Å². The van der Waals surface area contributed by atoms with Crippen LogP contribution in [-0.4, -0.2) is 25.0 Å². The van der Waals surface area contributed by atoms with Crippen LogP contribution in [0.3, 0.4) is 0 Å². The summed E-state index contributed by atoms with van der Waals surface area (Å²) in [7, 11) is 0. The van der Waals surface area contributed by atoms with E-state index in [-0.39, 0.29) is 17.4 Å². The molecule has 4 rings (SSSR count). The lowest BCUT2D eigenvalue weighted by Crippen LogP contribution is -2.10. The van der Waals surface area contributed by atoms with Gasteiger partial charge in [0.25, 0.3) is 0 Å². The van der Waals surface area contributed by atoms with Gasteiger partial charge in [0.05, 0.1) is 16.8 Å². The lowest BCUT2D eigenvalue weighted by atomic mass is 9.82. The molecule has 0 unspecified atom stereocenters. The second kappa shape index (κ2) is 4.69. The summed E-state index contributed by atoms with van der Waals surface area (Å²) in [6.07, 6.45) is 3.19. The number of rotatable bonds is 2. The first kappa shape index (κ1) is 13.1. The molecule has 5 nitrogen and oxygen atoms in total. The molecule has 0 bridgehead atoms. The Morgan fingerprint density at radius 1 is 1.14 bits per heavy atom. The number of hydrogen-bond donors (Lipinski definition) is 2. The van der Waals surface area contributed by atoms with Gasteiger partial charge >= 0.3 is 0 Å². The largest absolute Gasteiger partial charge is 0.507 e. The first-order valence-corrected chi connectivity index (χ1v) is 7.21. The van der Waals surface area contributed by atoms with Gasteiger partial charge < -0.3 is 10.2 Å². The molecule has 0 aliphatic heterocycles. The van der Waals surface area contributed by atoms with Crippen molar-refractivity contribution in [3.05, 3.63) is 41.8 Å². The summed E-state index contributed by atoms with van der Waals surface area (Å²) in [5, 5.41) is 25.0. The van der Waals surface area contributed by atoms with Gasteiger partial charge in [-0.1, -0.05) is 6.42 Å². The Balaban J connectivity index is 1.99. The predicted octanol–water partition coefficient (Wildman–Crippen LogP) is 3.24. The van der Waals surface area contributed by atoms with Gasteiger partial charge in [-0.3, -0.25) is 0 Å². The Hall–Kier alpha value is -2.63. The third kappa shape index (κ3) is 1.91. The molecule has 3 aromatic rings. The summed E-state index contributed by atoms with van der Waals surface area (Å²) in [6, 6.07) is 7.09. The van der Waals surface area contributed by atoms with Gasteiger partial charge in [-0.05, 0) is 37.1 Å². The predicted molar refractivity (Wildman–Crippen MR) is 78.7 cm³/mol. The monoisotopic (exact) mass is 299 g/mol. The van der Waals surface area contributed by atoms with E-state index in [0.29, 0.717) is 22.6 Å². The fourth-order valence-corrected chi connectivity index (χ4v) is 2.84. The van der Waals surface area contributed by atoms with Crippen LogP contribution in [0.1, 0.15) is 30.9 Å². The number of nitrogens with zero attached hydrogens (tertiary/aromatic N) is 3. The summed E-state index contributed by atoms with van der Waals surface area (Å²) in [5.41, 5.74) is 1.80. The van der Waals surface area contributed by atoms with Crippen molar-refractivity contribution in [3.63, 3.8) is 0 Å². The van der Waals surface area contributed by atoms with Gasteiger partial charge in [0.1, 0.15) is 11.6 Å². The van der Waals surface area contributed by atoms with Crippen LogP contribution in [0.15, 0.2) is 30.3 Å². The number of fused-ring (bicyclic) bond motifs is 1. The van der Waals surface area contributed by atoms with E-state index in [9.17, 15) is 14.6 Å². The van der Waals surface area contributed by atoms with Gasteiger partial charge in [0.15, 0.2) is 5.65 Å². The SMILES string of the molecule is Oc1cc(O)c2c(C3CCC3)nn(-c3ccc(F)cc3)c2n1. The quantitative estimate of drug-likeness (QED) is 0.762. The molecule has 2 aromatic heterocycles. The maximum atomic E-state index is 13.1. The second-order valence-electron chi connectivity index (χ2n) is 5.60. The van der Waals surface area contributed by atoms with Crippen molar-refractivity contribution in [1.29, 1.82) is 0 Å². The molecule has 1 aromatic carbocycles. The van der Waals surface area contributed by atoms with E-state index in [4.69, 9.17) is 0 Å². The van der Waals surface area contributed by atoms with E-state index < -0.39 is 0 Å². The van der Waals surface area contributed by atoms with Crippen molar-refractivity contribution in [3.8, 4) is 17.3 Å². The molecule has 0 atom stereocenters. The summed E-state index contributed by atoms with van der Waals surface area (Å²) in [5.74, 6) is -0.342. The number of hydrogen-bond acceptors (Lipinski definition) is 4. The minimum Gasteiger partial charge on any atom is -0.507 e. The maximum Gasteiger partial charge on any atom is 0.216 e. The number of pyridine rings is 1. The van der Waals surface area contributed by atoms with Gasteiger partial charge in [-0.15, -0.1) is 0 Å². The third-order valence-electron chi connectivity index (χ3n) is 4.19. The van der Waals surface area contributed by atoms with Crippen LogP contribution in [0.25, 0.3) is 16.7 Å². The van der Waals surface area contributed by atoms with Crippen LogP contribution in [0.2, 0.25) is 0 Å². The van der Waals surface area contributed by atoms with E-state index in [0.717, 1.165) is 25.0 Å². The molecule has 6 heteroatoms. The zero-order valence-corrected chi connectivity index (χ0v) is 11.7. The molecular formula is C16H14FN3O2. The fourth-order valence-electron chi connectivity index (χ4n) is 2.84. The average molecular weight is 299 g/mol. The molecule has 22 heavy (non-hydrogen) atoms. The third-order valence-corrected chi connectivity index (χ3v) is 4.19. The molecule has 1 saturated carbocycles. The van der Waals surface area contributed by atoms with Gasteiger partial charge in [-0.25, -0.2) is 9.07 Å². The minimum absolute atomic E-state index is 0.0299. The van der Waals surface area contributed by atoms with Crippen LogP contribution in [-0.2, 0) is 0 Å². The fraction of sp³-hybridized carbons (Fsp3) is 0.250. The van der Waals surface area contributed by atoms with Crippen LogP contribution in [0.4, 0.5) is 4.39 Å². The number of aromatic nitrogens is 3. The zero-order valence-electron chi connectivity index (χ0n) is 11.7. The van der Waals surface area contributed by atoms with E-state index >= 15 is 0 Å². The zero-order chi connectivity index (χ0) is 15.3. The van der Waals surface area contributed by atoms with Crippen LogP contribution in [0.5, 0.6) is 11.6 Å². The molecular weight excluding hydrogens is 285 g/mol. The summed E-state index contributed by atoms with van der Waals surface area (Å²) in [4.78, 5) is 4.10. The first-order chi connectivity index (χ1) is 10.6. The molecule has 1 aliphatic rings. The normalized spacial score (nSPS) is 15.1. The molecule has 0 amide bonds. The standard InChI is InChI=1S/C16H14FN3O2/c17-10-4-6-11(7-5-10)20-16-14(12(21)8-13(22)18-16)15(19-20)9-2-1-3-9/h4-9H,1-3H2,(H2,18,21,22). The Kier molecular flexibility index (Phi) is 2.79. The Labute approximate surface area is 125 Å². The van der Waals surface area contributed by atoms with Gasteiger partial charge in [0, 0.05) is 12.0 Å². The highest BCUT2D eigenvalue weighted by Crippen LogP contribution is 2.42. The van der Waals surface area contributed by atoms with Crippen LogP contribution < -0.4 is 0 Å². The molecule has 0 radical (unpaired) electrons. The Morgan fingerprint density at radius 2 is 1.86 bits per heavy atom. The number of aromatic hydroxyl groups is 2. The second-order valence-corrected chi connectivity index (χ2v) is 5.60. The van der Waals surface area contributed by atoms with E-state index in [2.05, 4.69) is 10.1 Å². The highest BCUT2D eigenvalue weighted by molar-refractivity contribution is 5.87. The molecule has 2 heterocycles. The van der Waals surface area contributed by atoms with Gasteiger partial charge in [-0.2, -0.15) is 10.1 Å². The lowest BCUT2D eigenvalue weighted by Gasteiger charge is -2.23. The smallest absolute Gasteiger partial charge is 0.216 e. The molecule has 112 valence electrons. The topological polar surface area (TPSA) is 71.2 Å². The van der Waals surface area contributed by atoms with Gasteiger partial charge in [0.2, 0.25) is 5.88 Å². The number of benzene rings is 1. The number of halogens is 1.